The predicted molar refractivity (Wildman–Crippen MR) is 91.5 cm³/mol. The number of rotatable bonds is 7. The van der Waals surface area contributed by atoms with Crippen molar-refractivity contribution >= 4 is 24.0 Å². The lowest BCUT2D eigenvalue weighted by Gasteiger charge is -2.12. The minimum absolute atomic E-state index is 0. The molecule has 0 saturated carbocycles. The highest BCUT2D eigenvalue weighted by molar-refractivity contribution is 6.30. The van der Waals surface area contributed by atoms with Crippen molar-refractivity contribution in [2.24, 2.45) is 0 Å². The van der Waals surface area contributed by atoms with Crippen molar-refractivity contribution in [3.8, 4) is 5.75 Å². The van der Waals surface area contributed by atoms with Crippen LogP contribution in [-0.2, 0) is 13.2 Å². The van der Waals surface area contributed by atoms with Gasteiger partial charge in [-0.1, -0.05) is 48.9 Å². The summed E-state index contributed by atoms with van der Waals surface area (Å²) < 4.78 is 5.91. The van der Waals surface area contributed by atoms with Crippen LogP contribution in [0.2, 0.25) is 5.02 Å². The van der Waals surface area contributed by atoms with E-state index in [9.17, 15) is 0 Å². The largest absolute Gasteiger partial charge is 0.489 e. The van der Waals surface area contributed by atoms with Crippen molar-refractivity contribution in [2.45, 2.75) is 26.5 Å². The number of nitrogens with one attached hydrogen (secondary N) is 1. The molecular formula is C17H21Cl2NO. The fourth-order valence-corrected chi connectivity index (χ4v) is 2.16. The molecule has 2 aromatic rings. The van der Waals surface area contributed by atoms with E-state index < -0.39 is 0 Å². The van der Waals surface area contributed by atoms with Gasteiger partial charge in [0.15, 0.2) is 0 Å². The van der Waals surface area contributed by atoms with Crippen LogP contribution in [0.1, 0.15) is 24.5 Å². The molecule has 0 spiro atoms. The highest BCUT2D eigenvalue weighted by Crippen LogP contribution is 2.23. The first kappa shape index (κ1) is 17.8. The fraction of sp³-hybridized carbons (Fsp3) is 0.294. The van der Waals surface area contributed by atoms with Gasteiger partial charge in [-0.05, 0) is 36.7 Å². The van der Waals surface area contributed by atoms with Crippen LogP contribution in [0.4, 0.5) is 0 Å². The lowest BCUT2D eigenvalue weighted by molar-refractivity contribution is 0.302. The predicted octanol–water partition coefficient (Wildman–Crippen LogP) is 4.84. The first-order valence-corrected chi connectivity index (χ1v) is 7.33. The normalized spacial score (nSPS) is 10.0. The van der Waals surface area contributed by atoms with Gasteiger partial charge in [-0.3, -0.25) is 0 Å². The number of benzene rings is 2. The van der Waals surface area contributed by atoms with E-state index in [4.69, 9.17) is 16.3 Å². The van der Waals surface area contributed by atoms with Crippen molar-refractivity contribution in [3.05, 3.63) is 64.7 Å². The van der Waals surface area contributed by atoms with Gasteiger partial charge in [0, 0.05) is 17.1 Å². The number of halogens is 2. The van der Waals surface area contributed by atoms with E-state index in [0.717, 1.165) is 41.4 Å². The molecule has 0 aliphatic carbocycles. The molecule has 0 heterocycles. The summed E-state index contributed by atoms with van der Waals surface area (Å²) >= 11 is 6.06. The van der Waals surface area contributed by atoms with Gasteiger partial charge in [0.1, 0.15) is 12.4 Å². The summed E-state index contributed by atoms with van der Waals surface area (Å²) in [4.78, 5) is 0. The minimum atomic E-state index is 0. The van der Waals surface area contributed by atoms with Crippen molar-refractivity contribution in [2.75, 3.05) is 6.54 Å². The lowest BCUT2D eigenvalue weighted by atomic mass is 10.2. The summed E-state index contributed by atoms with van der Waals surface area (Å²) in [5, 5.41) is 4.12. The van der Waals surface area contributed by atoms with Crippen molar-refractivity contribution in [1.29, 1.82) is 0 Å². The van der Waals surface area contributed by atoms with E-state index in [2.05, 4.69) is 24.4 Å². The van der Waals surface area contributed by atoms with Crippen LogP contribution in [0, 0.1) is 0 Å². The summed E-state index contributed by atoms with van der Waals surface area (Å²) in [5.74, 6) is 0.891. The molecule has 21 heavy (non-hydrogen) atoms. The van der Waals surface area contributed by atoms with E-state index in [0.29, 0.717) is 6.61 Å². The molecule has 2 nitrogen and oxygen atoms in total. The average molecular weight is 326 g/mol. The quantitative estimate of drug-likeness (QED) is 0.735. The summed E-state index contributed by atoms with van der Waals surface area (Å²) in [6, 6.07) is 15.9. The second kappa shape index (κ2) is 9.67. The van der Waals surface area contributed by atoms with Gasteiger partial charge < -0.3 is 10.1 Å². The maximum atomic E-state index is 6.06. The van der Waals surface area contributed by atoms with Crippen molar-refractivity contribution in [3.63, 3.8) is 0 Å². The van der Waals surface area contributed by atoms with Crippen LogP contribution in [0.5, 0.6) is 5.75 Å². The Morgan fingerprint density at radius 2 is 1.86 bits per heavy atom. The van der Waals surface area contributed by atoms with Crippen LogP contribution in [-0.4, -0.2) is 6.54 Å². The van der Waals surface area contributed by atoms with Gasteiger partial charge in [-0.2, -0.15) is 0 Å². The third-order valence-corrected chi connectivity index (χ3v) is 3.24. The molecular weight excluding hydrogens is 305 g/mol. The molecule has 0 aromatic heterocycles. The first-order valence-electron chi connectivity index (χ1n) is 6.95. The second-order valence-electron chi connectivity index (χ2n) is 4.70. The Labute approximate surface area is 137 Å². The molecule has 0 atom stereocenters. The van der Waals surface area contributed by atoms with E-state index in [1.807, 2.05) is 36.4 Å². The van der Waals surface area contributed by atoms with Crippen LogP contribution >= 0.6 is 24.0 Å². The zero-order valence-corrected chi connectivity index (χ0v) is 13.7. The average Bonchev–Trinajstić information content (AvgIpc) is 2.48. The van der Waals surface area contributed by atoms with E-state index in [1.165, 1.54) is 0 Å². The van der Waals surface area contributed by atoms with Gasteiger partial charge in [0.25, 0.3) is 0 Å². The molecule has 0 radical (unpaired) electrons. The zero-order chi connectivity index (χ0) is 14.2. The molecule has 0 saturated heterocycles. The van der Waals surface area contributed by atoms with E-state index in [1.54, 1.807) is 0 Å². The molecule has 0 amide bonds. The van der Waals surface area contributed by atoms with Gasteiger partial charge in [-0.25, -0.2) is 0 Å². The SMILES string of the molecule is CCCNCc1cc(Cl)ccc1OCc1ccccc1.Cl. The van der Waals surface area contributed by atoms with Gasteiger partial charge in [-0.15, -0.1) is 12.4 Å². The standard InChI is InChI=1S/C17H20ClNO.ClH/c1-2-10-19-12-15-11-16(18)8-9-17(15)20-13-14-6-4-3-5-7-14;/h3-9,11,19H,2,10,12-13H2,1H3;1H. The Bertz CT molecular complexity index is 532. The fourth-order valence-electron chi connectivity index (χ4n) is 1.96. The smallest absolute Gasteiger partial charge is 0.124 e. The van der Waals surface area contributed by atoms with Crippen molar-refractivity contribution in [1.82, 2.24) is 5.32 Å². The Morgan fingerprint density at radius 3 is 2.57 bits per heavy atom. The molecule has 0 fully saturated rings. The highest BCUT2D eigenvalue weighted by atomic mass is 35.5. The Morgan fingerprint density at radius 1 is 1.10 bits per heavy atom. The lowest BCUT2D eigenvalue weighted by Crippen LogP contribution is -2.14. The van der Waals surface area contributed by atoms with E-state index >= 15 is 0 Å². The third kappa shape index (κ3) is 5.96. The van der Waals surface area contributed by atoms with Crippen molar-refractivity contribution < 1.29 is 4.74 Å². The van der Waals surface area contributed by atoms with Gasteiger partial charge >= 0.3 is 0 Å². The molecule has 1 N–H and O–H groups in total. The highest BCUT2D eigenvalue weighted by Gasteiger charge is 2.05. The van der Waals surface area contributed by atoms with Crippen LogP contribution in [0.25, 0.3) is 0 Å². The maximum absolute atomic E-state index is 6.06. The van der Waals surface area contributed by atoms with Crippen LogP contribution in [0.3, 0.4) is 0 Å². The summed E-state index contributed by atoms with van der Waals surface area (Å²) in [5.41, 5.74) is 2.26. The number of hydrogen-bond donors (Lipinski definition) is 1. The molecule has 114 valence electrons. The van der Waals surface area contributed by atoms with E-state index in [-0.39, 0.29) is 12.4 Å². The summed E-state index contributed by atoms with van der Waals surface area (Å²) in [6.45, 7) is 4.49. The second-order valence-corrected chi connectivity index (χ2v) is 5.14. The minimum Gasteiger partial charge on any atom is -0.489 e. The summed E-state index contributed by atoms with van der Waals surface area (Å²) in [6.07, 6.45) is 1.11. The molecule has 0 unspecified atom stereocenters. The summed E-state index contributed by atoms with van der Waals surface area (Å²) in [7, 11) is 0. The molecule has 4 heteroatoms. The maximum Gasteiger partial charge on any atom is 0.124 e. The topological polar surface area (TPSA) is 21.3 Å². The Kier molecular flexibility index (Phi) is 8.21. The first-order chi connectivity index (χ1) is 9.79. The van der Waals surface area contributed by atoms with Gasteiger partial charge in [0.05, 0.1) is 0 Å². The van der Waals surface area contributed by atoms with Crippen LogP contribution < -0.4 is 10.1 Å². The van der Waals surface area contributed by atoms with Crippen LogP contribution in [0.15, 0.2) is 48.5 Å². The molecule has 0 aliphatic heterocycles. The van der Waals surface area contributed by atoms with Gasteiger partial charge in [0.2, 0.25) is 0 Å². The monoisotopic (exact) mass is 325 g/mol. The number of ether oxygens (including phenoxy) is 1. The Balaban J connectivity index is 0.00000220. The molecule has 0 bridgehead atoms. The molecule has 2 aromatic carbocycles. The molecule has 0 aliphatic rings. The Hall–Kier alpha value is -1.22. The molecule has 2 rings (SSSR count). The third-order valence-electron chi connectivity index (χ3n) is 3.00. The number of hydrogen-bond acceptors (Lipinski definition) is 2. The zero-order valence-electron chi connectivity index (χ0n) is 12.1.